The van der Waals surface area contributed by atoms with Crippen molar-refractivity contribution < 1.29 is 28.5 Å². The van der Waals surface area contributed by atoms with E-state index in [1.807, 2.05) is 0 Å². The molecule has 8 heteroatoms. The van der Waals surface area contributed by atoms with Crippen LogP contribution >= 0.6 is 0 Å². The number of amides is 1. The first kappa shape index (κ1) is 15.7. The van der Waals surface area contributed by atoms with E-state index in [1.54, 1.807) is 0 Å². The summed E-state index contributed by atoms with van der Waals surface area (Å²) in [5, 5.41) is 0. The number of aromatic nitrogens is 1. The smallest absolute Gasteiger partial charge is 0.311 e. The molecule has 0 aliphatic rings. The van der Waals surface area contributed by atoms with Gasteiger partial charge in [-0.3, -0.25) is 9.59 Å². The molecule has 2 N–H and O–H groups in total. The average Bonchev–Trinajstić information content (AvgIpc) is 2.44. The van der Waals surface area contributed by atoms with Crippen LogP contribution in [0.5, 0.6) is 11.5 Å². The highest BCUT2D eigenvalue weighted by molar-refractivity contribution is 5.94. The summed E-state index contributed by atoms with van der Waals surface area (Å²) in [4.78, 5) is 26.3. The third-order valence-electron chi connectivity index (χ3n) is 2.26. The van der Waals surface area contributed by atoms with Crippen LogP contribution < -0.4 is 15.2 Å². The molecule has 1 aromatic rings. The number of ether oxygens (including phenoxy) is 4. The molecule has 0 unspecified atom stereocenters. The summed E-state index contributed by atoms with van der Waals surface area (Å²) in [6.45, 7) is -0.132. The van der Waals surface area contributed by atoms with Crippen molar-refractivity contribution in [2.24, 2.45) is 5.73 Å². The molecule has 1 rings (SSSR count). The lowest BCUT2D eigenvalue weighted by atomic mass is 10.3. The summed E-state index contributed by atoms with van der Waals surface area (Å²) in [6, 6.07) is 1.49. The molecule has 0 saturated carbocycles. The largest absolute Gasteiger partial charge is 0.493 e. The summed E-state index contributed by atoms with van der Waals surface area (Å²) in [5.74, 6) is -0.969. The van der Waals surface area contributed by atoms with Crippen molar-refractivity contribution in [3.8, 4) is 11.5 Å². The summed E-state index contributed by atoms with van der Waals surface area (Å²) in [7, 11) is 2.88. The minimum Gasteiger partial charge on any atom is -0.493 e. The quantitative estimate of drug-likeness (QED) is 0.532. The number of hydrogen-bond acceptors (Lipinski definition) is 7. The van der Waals surface area contributed by atoms with Gasteiger partial charge in [0, 0.05) is 19.4 Å². The Morgan fingerprint density at radius 1 is 1.35 bits per heavy atom. The molecule has 0 aromatic carbocycles. The van der Waals surface area contributed by atoms with Gasteiger partial charge in [0.05, 0.1) is 20.1 Å². The Morgan fingerprint density at radius 3 is 2.70 bits per heavy atom. The van der Waals surface area contributed by atoms with Crippen molar-refractivity contribution in [2.45, 2.75) is 6.42 Å². The van der Waals surface area contributed by atoms with E-state index in [1.165, 1.54) is 26.5 Å². The Kier molecular flexibility index (Phi) is 6.24. The van der Waals surface area contributed by atoms with Crippen molar-refractivity contribution in [2.75, 3.05) is 27.6 Å². The van der Waals surface area contributed by atoms with Crippen LogP contribution in [0.4, 0.5) is 0 Å². The van der Waals surface area contributed by atoms with E-state index < -0.39 is 11.9 Å². The van der Waals surface area contributed by atoms with E-state index in [4.69, 9.17) is 24.7 Å². The van der Waals surface area contributed by atoms with E-state index in [0.717, 1.165) is 0 Å². The molecular formula is C12H16N2O6. The normalized spacial score (nSPS) is 9.90. The van der Waals surface area contributed by atoms with Gasteiger partial charge in [0.2, 0.25) is 6.79 Å². The highest BCUT2D eigenvalue weighted by Crippen LogP contribution is 2.29. The molecule has 8 nitrogen and oxygen atoms in total. The zero-order valence-corrected chi connectivity index (χ0v) is 11.3. The maximum absolute atomic E-state index is 11.2. The Bertz CT molecular complexity index is 477. The second-order valence-corrected chi connectivity index (χ2v) is 3.58. The maximum atomic E-state index is 11.2. The lowest BCUT2D eigenvalue weighted by Crippen LogP contribution is -2.18. The standard InChI is InChI=1S/C12H16N2O6/c1-17-6-4-9(15)19-7-20-11-8(18-2)3-5-14-10(11)12(13)16/h3,5H,4,6-7H2,1-2H3,(H2,13,16). The van der Waals surface area contributed by atoms with Gasteiger partial charge in [-0.1, -0.05) is 0 Å². The minimum absolute atomic E-state index is 0.0297. The molecule has 0 fully saturated rings. The fourth-order valence-electron chi connectivity index (χ4n) is 1.32. The fraction of sp³-hybridized carbons (Fsp3) is 0.417. The van der Waals surface area contributed by atoms with Crippen LogP contribution in [0.1, 0.15) is 16.9 Å². The Labute approximate surface area is 115 Å². The molecule has 0 atom stereocenters. The summed E-state index contributed by atoms with van der Waals surface area (Å²) in [6.07, 6.45) is 1.46. The second kappa shape index (κ2) is 7.95. The van der Waals surface area contributed by atoms with Crippen LogP contribution in [0.25, 0.3) is 0 Å². The Morgan fingerprint density at radius 2 is 2.10 bits per heavy atom. The van der Waals surface area contributed by atoms with Gasteiger partial charge in [-0.25, -0.2) is 4.98 Å². The third kappa shape index (κ3) is 4.39. The summed E-state index contributed by atoms with van der Waals surface area (Å²) in [5.41, 5.74) is 5.07. The van der Waals surface area contributed by atoms with Gasteiger partial charge < -0.3 is 24.7 Å². The number of hydrogen-bond donors (Lipinski definition) is 1. The maximum Gasteiger partial charge on any atom is 0.311 e. The van der Waals surface area contributed by atoms with Crippen LogP contribution in [0.2, 0.25) is 0 Å². The summed E-state index contributed by atoms with van der Waals surface area (Å²) < 4.78 is 19.8. The van der Waals surface area contributed by atoms with E-state index in [2.05, 4.69) is 4.98 Å². The molecule has 0 saturated heterocycles. The van der Waals surface area contributed by atoms with Crippen molar-refractivity contribution in [3.05, 3.63) is 18.0 Å². The molecule has 20 heavy (non-hydrogen) atoms. The van der Waals surface area contributed by atoms with Gasteiger partial charge in [-0.2, -0.15) is 0 Å². The first-order valence-corrected chi connectivity index (χ1v) is 5.70. The molecular weight excluding hydrogens is 268 g/mol. The molecule has 0 radical (unpaired) electrons. The third-order valence-corrected chi connectivity index (χ3v) is 2.26. The van der Waals surface area contributed by atoms with Gasteiger partial charge in [-0.05, 0) is 0 Å². The molecule has 0 aliphatic heterocycles. The van der Waals surface area contributed by atoms with E-state index in [9.17, 15) is 9.59 Å². The van der Waals surface area contributed by atoms with Crippen LogP contribution in [0.3, 0.4) is 0 Å². The number of nitrogens with zero attached hydrogens (tertiary/aromatic N) is 1. The zero-order chi connectivity index (χ0) is 15.0. The topological polar surface area (TPSA) is 110 Å². The molecule has 1 heterocycles. The van der Waals surface area contributed by atoms with Crippen LogP contribution in [0, 0.1) is 0 Å². The molecule has 0 aliphatic carbocycles. The zero-order valence-electron chi connectivity index (χ0n) is 11.3. The number of pyridine rings is 1. The van der Waals surface area contributed by atoms with Gasteiger partial charge in [0.15, 0.2) is 17.2 Å². The number of methoxy groups -OCH3 is 2. The number of esters is 1. The lowest BCUT2D eigenvalue weighted by Gasteiger charge is -2.12. The van der Waals surface area contributed by atoms with Crippen molar-refractivity contribution in [1.82, 2.24) is 4.98 Å². The number of carbonyl (C=O) groups excluding carboxylic acids is 2. The monoisotopic (exact) mass is 284 g/mol. The first-order chi connectivity index (χ1) is 9.60. The van der Waals surface area contributed by atoms with Crippen LogP contribution in [-0.4, -0.2) is 44.5 Å². The molecule has 1 aromatic heterocycles. The van der Waals surface area contributed by atoms with E-state index in [-0.39, 0.29) is 37.0 Å². The Balaban J connectivity index is 2.67. The lowest BCUT2D eigenvalue weighted by molar-refractivity contribution is -0.151. The Hall–Kier alpha value is -2.35. The highest BCUT2D eigenvalue weighted by Gasteiger charge is 2.17. The average molecular weight is 284 g/mol. The van der Waals surface area contributed by atoms with E-state index in [0.29, 0.717) is 0 Å². The predicted molar refractivity (Wildman–Crippen MR) is 67.4 cm³/mol. The van der Waals surface area contributed by atoms with E-state index >= 15 is 0 Å². The van der Waals surface area contributed by atoms with Crippen molar-refractivity contribution in [1.29, 1.82) is 0 Å². The predicted octanol–water partition coefficient (Wildman–Crippen LogP) is 0.105. The molecule has 0 spiro atoms. The second-order valence-electron chi connectivity index (χ2n) is 3.58. The van der Waals surface area contributed by atoms with Crippen molar-refractivity contribution >= 4 is 11.9 Å². The summed E-state index contributed by atoms with van der Waals surface area (Å²) >= 11 is 0. The van der Waals surface area contributed by atoms with Gasteiger partial charge in [0.1, 0.15) is 0 Å². The fourth-order valence-corrected chi connectivity index (χ4v) is 1.32. The highest BCUT2D eigenvalue weighted by atomic mass is 16.7. The van der Waals surface area contributed by atoms with Crippen LogP contribution in [-0.2, 0) is 14.3 Å². The molecule has 110 valence electrons. The van der Waals surface area contributed by atoms with Crippen LogP contribution in [0.15, 0.2) is 12.3 Å². The number of rotatable bonds is 8. The minimum atomic E-state index is -0.774. The molecule has 0 bridgehead atoms. The van der Waals surface area contributed by atoms with Gasteiger partial charge in [-0.15, -0.1) is 0 Å². The first-order valence-electron chi connectivity index (χ1n) is 5.70. The van der Waals surface area contributed by atoms with Crippen molar-refractivity contribution in [3.63, 3.8) is 0 Å². The van der Waals surface area contributed by atoms with Gasteiger partial charge in [0.25, 0.3) is 5.91 Å². The number of nitrogens with two attached hydrogens (primary N) is 1. The number of primary amides is 1. The molecule has 1 amide bonds. The van der Waals surface area contributed by atoms with Gasteiger partial charge >= 0.3 is 5.97 Å². The SMILES string of the molecule is COCCC(=O)OCOc1c(OC)ccnc1C(N)=O. The number of carbonyl (C=O) groups is 2.